The fourth-order valence-electron chi connectivity index (χ4n) is 4.22. The van der Waals surface area contributed by atoms with Crippen LogP contribution in [0, 0.1) is 13.8 Å². The average molecular weight is 456 g/mol. The maximum atomic E-state index is 13.4. The standard InChI is InChI=1S/C24H29N3O2S2/c1-15(18-9-5-4-6-10-18)13-25-20(28)14-30-24-26-22-21(16(2)17(3)31-22)23(29)27(24)19-11-7-8-12-19/h4-6,9-10,15,19H,7-8,11-14H2,1-3H3,(H,25,28). The number of aryl methyl sites for hydroxylation is 2. The van der Waals surface area contributed by atoms with Crippen LogP contribution in [-0.4, -0.2) is 27.8 Å². The number of rotatable bonds is 7. The van der Waals surface area contributed by atoms with Crippen LogP contribution in [0.4, 0.5) is 0 Å². The molecule has 1 aliphatic carbocycles. The van der Waals surface area contributed by atoms with Crippen LogP contribution in [0.15, 0.2) is 40.3 Å². The molecule has 4 rings (SSSR count). The summed E-state index contributed by atoms with van der Waals surface area (Å²) >= 11 is 2.95. The number of hydrogen-bond acceptors (Lipinski definition) is 5. The third-order valence-corrected chi connectivity index (χ3v) is 8.25. The maximum Gasteiger partial charge on any atom is 0.263 e. The van der Waals surface area contributed by atoms with Crippen molar-refractivity contribution < 1.29 is 4.79 Å². The molecule has 1 saturated carbocycles. The molecule has 0 radical (unpaired) electrons. The molecular formula is C24H29N3O2S2. The van der Waals surface area contributed by atoms with Crippen molar-refractivity contribution in [3.8, 4) is 0 Å². The quantitative estimate of drug-likeness (QED) is 0.393. The van der Waals surface area contributed by atoms with Gasteiger partial charge in [-0.3, -0.25) is 14.2 Å². The van der Waals surface area contributed by atoms with Crippen LogP contribution in [0.2, 0.25) is 0 Å². The Bertz CT molecular complexity index is 1130. The number of carbonyl (C=O) groups excluding carboxylic acids is 1. The van der Waals surface area contributed by atoms with Gasteiger partial charge in [-0.1, -0.05) is 61.9 Å². The Morgan fingerprint density at radius 2 is 1.97 bits per heavy atom. The van der Waals surface area contributed by atoms with E-state index >= 15 is 0 Å². The zero-order chi connectivity index (χ0) is 22.0. The van der Waals surface area contributed by atoms with E-state index in [1.807, 2.05) is 36.6 Å². The van der Waals surface area contributed by atoms with E-state index in [9.17, 15) is 9.59 Å². The lowest BCUT2D eigenvalue weighted by Gasteiger charge is -2.18. The Labute approximate surface area is 191 Å². The van der Waals surface area contributed by atoms with E-state index in [1.165, 1.54) is 17.3 Å². The van der Waals surface area contributed by atoms with Crippen LogP contribution < -0.4 is 10.9 Å². The predicted molar refractivity (Wildman–Crippen MR) is 129 cm³/mol. The van der Waals surface area contributed by atoms with E-state index < -0.39 is 0 Å². The van der Waals surface area contributed by atoms with E-state index in [-0.39, 0.29) is 29.2 Å². The lowest BCUT2D eigenvalue weighted by atomic mass is 10.0. The Morgan fingerprint density at radius 3 is 2.68 bits per heavy atom. The number of carbonyl (C=O) groups is 1. The Balaban J connectivity index is 1.50. The Kier molecular flexibility index (Phi) is 6.82. The SMILES string of the molecule is Cc1sc2nc(SCC(=O)NCC(C)c3ccccc3)n(C3CCCC3)c(=O)c2c1C. The number of benzene rings is 1. The average Bonchev–Trinajstić information content (AvgIpc) is 3.39. The second kappa shape index (κ2) is 9.57. The van der Waals surface area contributed by atoms with Gasteiger partial charge in [0.25, 0.3) is 5.56 Å². The summed E-state index contributed by atoms with van der Waals surface area (Å²) in [7, 11) is 0. The highest BCUT2D eigenvalue weighted by Gasteiger charge is 2.25. The van der Waals surface area contributed by atoms with Crippen LogP contribution >= 0.6 is 23.1 Å². The topological polar surface area (TPSA) is 64.0 Å². The first-order valence-electron chi connectivity index (χ1n) is 10.9. The normalized spacial score (nSPS) is 15.5. The molecule has 0 spiro atoms. The molecule has 1 fully saturated rings. The van der Waals surface area contributed by atoms with Crippen molar-refractivity contribution in [2.24, 2.45) is 0 Å². The van der Waals surface area contributed by atoms with Crippen LogP contribution in [0.25, 0.3) is 10.2 Å². The van der Waals surface area contributed by atoms with Crippen LogP contribution in [0.3, 0.4) is 0 Å². The van der Waals surface area contributed by atoms with Crippen molar-refractivity contribution in [3.63, 3.8) is 0 Å². The molecule has 0 aliphatic heterocycles. The van der Waals surface area contributed by atoms with Crippen LogP contribution in [0.1, 0.15) is 60.6 Å². The third kappa shape index (κ3) is 4.72. The number of amides is 1. The molecule has 7 heteroatoms. The molecule has 1 aromatic carbocycles. The molecule has 0 saturated heterocycles. The summed E-state index contributed by atoms with van der Waals surface area (Å²) < 4.78 is 1.87. The van der Waals surface area contributed by atoms with Gasteiger partial charge in [-0.2, -0.15) is 0 Å². The van der Waals surface area contributed by atoms with Crippen LogP contribution in [0.5, 0.6) is 0 Å². The second-order valence-corrected chi connectivity index (χ2v) is 10.5. The molecule has 164 valence electrons. The van der Waals surface area contributed by atoms with Crippen molar-refractivity contribution in [2.75, 3.05) is 12.3 Å². The van der Waals surface area contributed by atoms with Crippen LogP contribution in [-0.2, 0) is 4.79 Å². The summed E-state index contributed by atoms with van der Waals surface area (Å²) in [6.07, 6.45) is 4.28. The predicted octanol–water partition coefficient (Wildman–Crippen LogP) is 5.20. The van der Waals surface area contributed by atoms with Crippen molar-refractivity contribution in [1.82, 2.24) is 14.9 Å². The first-order chi connectivity index (χ1) is 15.0. The number of nitrogens with zero attached hydrogens (tertiary/aromatic N) is 2. The van der Waals surface area contributed by atoms with Gasteiger partial charge in [0.2, 0.25) is 5.91 Å². The van der Waals surface area contributed by atoms with Gasteiger partial charge in [-0.15, -0.1) is 11.3 Å². The van der Waals surface area contributed by atoms with E-state index in [2.05, 4.69) is 24.4 Å². The fourth-order valence-corrected chi connectivity index (χ4v) is 6.19. The maximum absolute atomic E-state index is 13.4. The summed E-state index contributed by atoms with van der Waals surface area (Å²) in [5.41, 5.74) is 2.30. The van der Waals surface area contributed by atoms with Gasteiger partial charge in [-0.25, -0.2) is 4.98 Å². The molecule has 31 heavy (non-hydrogen) atoms. The number of fused-ring (bicyclic) bond motifs is 1. The van der Waals surface area contributed by atoms with E-state index in [0.717, 1.165) is 46.3 Å². The molecule has 1 aliphatic rings. The van der Waals surface area contributed by atoms with Gasteiger partial charge < -0.3 is 5.32 Å². The molecule has 1 unspecified atom stereocenters. The Hall–Kier alpha value is -2.12. The van der Waals surface area contributed by atoms with E-state index in [0.29, 0.717) is 11.7 Å². The monoisotopic (exact) mass is 455 g/mol. The van der Waals surface area contributed by atoms with Gasteiger partial charge in [0.05, 0.1) is 11.1 Å². The first kappa shape index (κ1) is 22.1. The third-order valence-electron chi connectivity index (χ3n) is 6.20. The van der Waals surface area contributed by atoms with Crippen molar-refractivity contribution in [2.45, 2.75) is 63.6 Å². The minimum absolute atomic E-state index is 0.0290. The molecular weight excluding hydrogens is 426 g/mol. The van der Waals surface area contributed by atoms with E-state index in [4.69, 9.17) is 4.98 Å². The minimum atomic E-state index is -0.0290. The summed E-state index contributed by atoms with van der Waals surface area (Å²) in [6.45, 7) is 6.74. The summed E-state index contributed by atoms with van der Waals surface area (Å²) in [5.74, 6) is 0.479. The van der Waals surface area contributed by atoms with Gasteiger partial charge in [0.15, 0.2) is 5.16 Å². The molecule has 0 bridgehead atoms. The Morgan fingerprint density at radius 1 is 1.26 bits per heavy atom. The lowest BCUT2D eigenvalue weighted by molar-refractivity contribution is -0.118. The smallest absolute Gasteiger partial charge is 0.263 e. The first-order valence-corrected chi connectivity index (χ1v) is 12.7. The molecule has 2 heterocycles. The number of aromatic nitrogens is 2. The minimum Gasteiger partial charge on any atom is -0.355 e. The van der Waals surface area contributed by atoms with Gasteiger partial charge >= 0.3 is 0 Å². The highest BCUT2D eigenvalue weighted by Crippen LogP contribution is 2.34. The van der Waals surface area contributed by atoms with Gasteiger partial charge in [0, 0.05) is 17.5 Å². The molecule has 1 N–H and O–H groups in total. The number of nitrogens with one attached hydrogen (secondary N) is 1. The molecule has 2 aromatic heterocycles. The number of hydrogen-bond donors (Lipinski definition) is 1. The van der Waals surface area contributed by atoms with Gasteiger partial charge in [0.1, 0.15) is 4.83 Å². The highest BCUT2D eigenvalue weighted by molar-refractivity contribution is 7.99. The number of thioether (sulfide) groups is 1. The highest BCUT2D eigenvalue weighted by atomic mass is 32.2. The fraction of sp³-hybridized carbons (Fsp3) is 0.458. The molecule has 5 nitrogen and oxygen atoms in total. The molecule has 1 amide bonds. The summed E-state index contributed by atoms with van der Waals surface area (Å²) in [4.78, 5) is 32.7. The summed E-state index contributed by atoms with van der Waals surface area (Å²) in [5, 5.41) is 4.46. The summed E-state index contributed by atoms with van der Waals surface area (Å²) in [6, 6.07) is 10.4. The molecule has 1 atom stereocenters. The second-order valence-electron chi connectivity index (χ2n) is 8.38. The van der Waals surface area contributed by atoms with Crippen molar-refractivity contribution >= 4 is 39.2 Å². The molecule has 3 aromatic rings. The number of thiophene rings is 1. The lowest BCUT2D eigenvalue weighted by Crippen LogP contribution is -2.30. The zero-order valence-electron chi connectivity index (χ0n) is 18.3. The zero-order valence-corrected chi connectivity index (χ0v) is 19.9. The van der Waals surface area contributed by atoms with E-state index in [1.54, 1.807) is 11.3 Å². The van der Waals surface area contributed by atoms with Gasteiger partial charge in [-0.05, 0) is 43.7 Å². The largest absolute Gasteiger partial charge is 0.355 e. The van der Waals surface area contributed by atoms with Crippen molar-refractivity contribution in [3.05, 3.63) is 56.7 Å². The van der Waals surface area contributed by atoms with Crippen molar-refractivity contribution in [1.29, 1.82) is 0 Å².